The Morgan fingerprint density at radius 1 is 1.27 bits per heavy atom. The highest BCUT2D eigenvalue weighted by Crippen LogP contribution is 2.18. The molecule has 0 spiro atoms. The highest BCUT2D eigenvalue weighted by Gasteiger charge is 2.17. The molecule has 0 unspecified atom stereocenters. The third-order valence-corrected chi connectivity index (χ3v) is 4.13. The molecule has 0 radical (unpaired) electrons. The van der Waals surface area contributed by atoms with Crippen LogP contribution in [-0.4, -0.2) is 45.6 Å². The van der Waals surface area contributed by atoms with E-state index in [4.69, 9.17) is 0 Å². The first-order valence-corrected chi connectivity index (χ1v) is 8.18. The number of likely N-dealkylation sites (N-methyl/N-ethyl adjacent to an activating group) is 1. The maximum Gasteiger partial charge on any atom is 0.350 e. The number of carbonyl (C=O) groups is 1. The molecule has 0 aliphatic rings. The summed E-state index contributed by atoms with van der Waals surface area (Å²) >= 11 is 0. The van der Waals surface area contributed by atoms with Gasteiger partial charge in [0.05, 0.1) is 6.04 Å². The summed E-state index contributed by atoms with van der Waals surface area (Å²) < 4.78 is 16.0. The molecule has 26 heavy (non-hydrogen) atoms. The van der Waals surface area contributed by atoms with E-state index < -0.39 is 0 Å². The molecule has 0 saturated heterocycles. The monoisotopic (exact) mass is 357 g/mol. The van der Waals surface area contributed by atoms with Crippen molar-refractivity contribution in [3.8, 4) is 0 Å². The quantitative estimate of drug-likeness (QED) is 0.716. The van der Waals surface area contributed by atoms with Gasteiger partial charge < -0.3 is 10.2 Å². The number of hydrogen-bond donors (Lipinski definition) is 1. The second kappa shape index (κ2) is 7.49. The van der Waals surface area contributed by atoms with E-state index in [0.29, 0.717) is 5.65 Å². The Balaban J connectivity index is 1.68. The Labute approximate surface area is 149 Å². The van der Waals surface area contributed by atoms with Crippen LogP contribution in [0.1, 0.15) is 11.6 Å². The maximum atomic E-state index is 13.5. The number of halogens is 1. The Morgan fingerprint density at radius 3 is 2.77 bits per heavy atom. The van der Waals surface area contributed by atoms with E-state index in [-0.39, 0.29) is 36.5 Å². The third-order valence-electron chi connectivity index (χ3n) is 4.13. The normalized spacial score (nSPS) is 12.5. The molecule has 3 rings (SSSR count). The van der Waals surface area contributed by atoms with Crippen molar-refractivity contribution in [2.75, 3.05) is 20.6 Å². The number of rotatable bonds is 6. The molecule has 3 aromatic rings. The topological polar surface area (TPSA) is 71.6 Å². The van der Waals surface area contributed by atoms with Crippen molar-refractivity contribution in [1.29, 1.82) is 0 Å². The van der Waals surface area contributed by atoms with Crippen LogP contribution >= 0.6 is 0 Å². The lowest BCUT2D eigenvalue weighted by Gasteiger charge is -2.25. The number of benzene rings is 1. The van der Waals surface area contributed by atoms with Crippen LogP contribution in [0.3, 0.4) is 0 Å². The van der Waals surface area contributed by atoms with Crippen LogP contribution < -0.4 is 11.0 Å². The molecule has 7 nitrogen and oxygen atoms in total. The van der Waals surface area contributed by atoms with Crippen molar-refractivity contribution in [3.63, 3.8) is 0 Å². The number of carbonyl (C=O) groups excluding carboxylic acids is 1. The first kappa shape index (κ1) is 17.8. The zero-order chi connectivity index (χ0) is 18.7. The molecule has 1 N–H and O–H groups in total. The minimum Gasteiger partial charge on any atom is -0.353 e. The standard InChI is InChI=1S/C18H20FN5O2/c1-22(2)15(13-6-5-7-14(19)10-13)11-20-17(25)12-24-18(26)23-9-4-3-8-16(23)21-24/h3-10,15H,11-12H2,1-2H3,(H,20,25)/t15-/m0/s1. The van der Waals surface area contributed by atoms with Crippen molar-refractivity contribution in [2.45, 2.75) is 12.6 Å². The molecule has 1 aromatic carbocycles. The summed E-state index contributed by atoms with van der Waals surface area (Å²) in [7, 11) is 3.71. The number of hydrogen-bond acceptors (Lipinski definition) is 4. The molecular formula is C18H20FN5O2. The van der Waals surface area contributed by atoms with E-state index in [1.54, 1.807) is 30.5 Å². The van der Waals surface area contributed by atoms with Crippen molar-refractivity contribution >= 4 is 11.6 Å². The van der Waals surface area contributed by atoms with Crippen LogP contribution in [-0.2, 0) is 11.3 Å². The Kier molecular flexibility index (Phi) is 5.13. The van der Waals surface area contributed by atoms with E-state index in [2.05, 4.69) is 10.4 Å². The van der Waals surface area contributed by atoms with E-state index in [9.17, 15) is 14.0 Å². The van der Waals surface area contributed by atoms with Gasteiger partial charge in [-0.05, 0) is 43.9 Å². The summed E-state index contributed by atoms with van der Waals surface area (Å²) in [5.41, 5.74) is 0.876. The van der Waals surface area contributed by atoms with Crippen LogP contribution in [0, 0.1) is 5.82 Å². The molecule has 8 heteroatoms. The average Bonchev–Trinajstić information content (AvgIpc) is 2.91. The van der Waals surface area contributed by atoms with Crippen molar-refractivity contribution in [3.05, 3.63) is 70.5 Å². The van der Waals surface area contributed by atoms with E-state index in [1.165, 1.54) is 16.5 Å². The molecule has 1 amide bonds. The minimum absolute atomic E-state index is 0.177. The molecule has 2 heterocycles. The molecule has 0 bridgehead atoms. The number of aromatic nitrogens is 3. The SMILES string of the molecule is CN(C)[C@@H](CNC(=O)Cn1nc2ccccn2c1=O)c1cccc(F)c1. The van der Waals surface area contributed by atoms with Crippen LogP contribution in [0.15, 0.2) is 53.5 Å². The highest BCUT2D eigenvalue weighted by atomic mass is 19.1. The fourth-order valence-corrected chi connectivity index (χ4v) is 2.79. The molecule has 2 aromatic heterocycles. The van der Waals surface area contributed by atoms with Gasteiger partial charge in [0.25, 0.3) is 0 Å². The summed E-state index contributed by atoms with van der Waals surface area (Å²) in [5, 5.41) is 6.92. The van der Waals surface area contributed by atoms with Crippen LogP contribution in [0.2, 0.25) is 0 Å². The molecule has 0 fully saturated rings. The van der Waals surface area contributed by atoms with Gasteiger partial charge in [0.15, 0.2) is 5.65 Å². The van der Waals surface area contributed by atoms with Crippen molar-refractivity contribution < 1.29 is 9.18 Å². The van der Waals surface area contributed by atoms with Gasteiger partial charge in [-0.25, -0.2) is 13.9 Å². The molecule has 1 atom stereocenters. The smallest absolute Gasteiger partial charge is 0.350 e. The first-order valence-electron chi connectivity index (χ1n) is 8.18. The molecule has 136 valence electrons. The van der Waals surface area contributed by atoms with Gasteiger partial charge in [-0.15, -0.1) is 5.10 Å². The summed E-state index contributed by atoms with van der Waals surface area (Å²) in [6.07, 6.45) is 1.60. The molecule has 0 aliphatic carbocycles. The van der Waals surface area contributed by atoms with E-state index in [1.807, 2.05) is 25.1 Å². The van der Waals surface area contributed by atoms with Crippen LogP contribution in [0.4, 0.5) is 4.39 Å². The Morgan fingerprint density at radius 2 is 2.08 bits per heavy atom. The molecule has 0 aliphatic heterocycles. The van der Waals surface area contributed by atoms with Gasteiger partial charge >= 0.3 is 5.69 Å². The lowest BCUT2D eigenvalue weighted by atomic mass is 10.1. The minimum atomic E-state index is -0.370. The summed E-state index contributed by atoms with van der Waals surface area (Å²) in [6.45, 7) is 0.112. The maximum absolute atomic E-state index is 13.5. The fourth-order valence-electron chi connectivity index (χ4n) is 2.79. The number of nitrogens with zero attached hydrogens (tertiary/aromatic N) is 4. The predicted molar refractivity (Wildman–Crippen MR) is 95.3 cm³/mol. The zero-order valence-corrected chi connectivity index (χ0v) is 14.6. The number of fused-ring (bicyclic) bond motifs is 1. The largest absolute Gasteiger partial charge is 0.353 e. The van der Waals surface area contributed by atoms with Gasteiger partial charge in [-0.3, -0.25) is 9.20 Å². The lowest BCUT2D eigenvalue weighted by Crippen LogP contribution is -2.38. The zero-order valence-electron chi connectivity index (χ0n) is 14.6. The van der Waals surface area contributed by atoms with Gasteiger partial charge in [-0.1, -0.05) is 18.2 Å². The summed E-state index contributed by atoms with van der Waals surface area (Å²) in [6, 6.07) is 11.3. The summed E-state index contributed by atoms with van der Waals surface area (Å²) in [5.74, 6) is -0.657. The first-order chi connectivity index (χ1) is 12.5. The number of pyridine rings is 1. The second-order valence-electron chi connectivity index (χ2n) is 6.21. The van der Waals surface area contributed by atoms with Crippen LogP contribution in [0.25, 0.3) is 5.65 Å². The number of nitrogens with one attached hydrogen (secondary N) is 1. The third kappa shape index (κ3) is 3.80. The summed E-state index contributed by atoms with van der Waals surface area (Å²) in [4.78, 5) is 26.4. The predicted octanol–water partition coefficient (Wildman–Crippen LogP) is 1.05. The van der Waals surface area contributed by atoms with Gasteiger partial charge in [0.1, 0.15) is 12.4 Å². The van der Waals surface area contributed by atoms with E-state index >= 15 is 0 Å². The number of amides is 1. The second-order valence-corrected chi connectivity index (χ2v) is 6.21. The molecule has 0 saturated carbocycles. The van der Waals surface area contributed by atoms with Crippen molar-refractivity contribution in [1.82, 2.24) is 24.4 Å². The lowest BCUT2D eigenvalue weighted by molar-refractivity contribution is -0.122. The highest BCUT2D eigenvalue weighted by molar-refractivity contribution is 5.75. The van der Waals surface area contributed by atoms with Crippen LogP contribution in [0.5, 0.6) is 0 Å². The van der Waals surface area contributed by atoms with E-state index in [0.717, 1.165) is 10.2 Å². The average molecular weight is 357 g/mol. The Bertz CT molecular complexity index is 979. The van der Waals surface area contributed by atoms with Gasteiger partial charge in [0.2, 0.25) is 5.91 Å². The van der Waals surface area contributed by atoms with Crippen molar-refractivity contribution in [2.24, 2.45) is 0 Å². The van der Waals surface area contributed by atoms with Gasteiger partial charge in [0, 0.05) is 12.7 Å². The van der Waals surface area contributed by atoms with Gasteiger partial charge in [-0.2, -0.15) is 0 Å². The molecular weight excluding hydrogens is 337 g/mol. The fraction of sp³-hybridized carbons (Fsp3) is 0.278. The Hall–Kier alpha value is -3.00.